The van der Waals surface area contributed by atoms with Crippen LogP contribution in [-0.4, -0.2) is 15.9 Å². The highest BCUT2D eigenvalue weighted by Gasteiger charge is 2.12. The van der Waals surface area contributed by atoms with Crippen LogP contribution in [0.1, 0.15) is 5.56 Å². The van der Waals surface area contributed by atoms with Crippen molar-refractivity contribution in [2.24, 2.45) is 5.10 Å². The highest BCUT2D eigenvalue weighted by atomic mass is 127. The Kier molecular flexibility index (Phi) is 5.35. The van der Waals surface area contributed by atoms with Gasteiger partial charge in [0.1, 0.15) is 0 Å². The van der Waals surface area contributed by atoms with Gasteiger partial charge in [-0.3, -0.25) is 4.79 Å². The Morgan fingerprint density at radius 1 is 0.889 bits per heavy atom. The van der Waals surface area contributed by atoms with Crippen molar-refractivity contribution in [1.82, 2.24) is 9.66 Å². The van der Waals surface area contributed by atoms with E-state index in [-0.39, 0.29) is 5.56 Å². The molecule has 132 valence electrons. The van der Waals surface area contributed by atoms with Crippen molar-refractivity contribution in [3.8, 4) is 11.4 Å². The quantitative estimate of drug-likeness (QED) is 0.250. The van der Waals surface area contributed by atoms with Crippen LogP contribution in [-0.2, 0) is 0 Å². The zero-order valence-electron chi connectivity index (χ0n) is 14.0. The first-order valence-corrected chi connectivity index (χ1v) is 10.4. The minimum Gasteiger partial charge on any atom is -0.267 e. The van der Waals surface area contributed by atoms with Gasteiger partial charge in [-0.1, -0.05) is 36.4 Å². The summed E-state index contributed by atoms with van der Waals surface area (Å²) in [5.41, 5.74) is 2.26. The number of benzene rings is 3. The predicted octanol–water partition coefficient (Wildman–Crippen LogP) is 5.15. The van der Waals surface area contributed by atoms with E-state index in [4.69, 9.17) is 4.98 Å². The molecule has 0 saturated carbocycles. The topological polar surface area (TPSA) is 47.2 Å². The third kappa shape index (κ3) is 3.96. The van der Waals surface area contributed by atoms with Crippen molar-refractivity contribution in [2.75, 3.05) is 0 Å². The lowest BCUT2D eigenvalue weighted by Gasteiger charge is -2.09. The molecule has 0 bridgehead atoms. The van der Waals surface area contributed by atoms with Gasteiger partial charge in [-0.15, -0.1) is 0 Å². The van der Waals surface area contributed by atoms with E-state index in [1.807, 2.05) is 66.7 Å². The van der Waals surface area contributed by atoms with Crippen molar-refractivity contribution in [3.63, 3.8) is 0 Å². The maximum Gasteiger partial charge on any atom is 0.282 e. The van der Waals surface area contributed by atoms with Gasteiger partial charge in [-0.25, -0.2) is 4.98 Å². The summed E-state index contributed by atoms with van der Waals surface area (Å²) in [5.74, 6) is 0.527. The Labute approximate surface area is 183 Å². The first kappa shape index (κ1) is 18.3. The minimum absolute atomic E-state index is 0.184. The van der Waals surface area contributed by atoms with Crippen molar-refractivity contribution in [3.05, 3.63) is 95.9 Å². The van der Waals surface area contributed by atoms with Crippen molar-refractivity contribution < 1.29 is 0 Å². The minimum atomic E-state index is -0.184. The monoisotopic (exact) mass is 577 g/mol. The van der Waals surface area contributed by atoms with E-state index in [9.17, 15) is 4.79 Å². The lowest BCUT2D eigenvalue weighted by molar-refractivity contribution is 0.829. The third-order valence-electron chi connectivity index (χ3n) is 4.01. The molecule has 0 saturated heterocycles. The Bertz CT molecular complexity index is 1230. The first-order valence-electron chi connectivity index (χ1n) is 8.19. The van der Waals surface area contributed by atoms with Crippen molar-refractivity contribution in [2.45, 2.75) is 0 Å². The summed E-state index contributed by atoms with van der Waals surface area (Å²) in [6, 6.07) is 23.2. The van der Waals surface area contributed by atoms with Crippen LogP contribution in [0.15, 0.2) is 82.7 Å². The largest absolute Gasteiger partial charge is 0.282 e. The molecule has 4 nitrogen and oxygen atoms in total. The predicted molar refractivity (Wildman–Crippen MR) is 126 cm³/mol. The third-order valence-corrected chi connectivity index (χ3v) is 5.35. The summed E-state index contributed by atoms with van der Waals surface area (Å²) in [5, 5.41) is 5.03. The molecule has 4 aromatic rings. The number of nitrogens with zero attached hydrogens (tertiary/aromatic N) is 3. The van der Waals surface area contributed by atoms with E-state index in [1.54, 1.807) is 12.3 Å². The molecule has 0 N–H and O–H groups in total. The second-order valence-corrected chi connectivity index (χ2v) is 8.37. The molecule has 0 spiro atoms. The van der Waals surface area contributed by atoms with Gasteiger partial charge in [-0.2, -0.15) is 9.78 Å². The summed E-state index contributed by atoms with van der Waals surface area (Å²) in [7, 11) is 0. The van der Waals surface area contributed by atoms with Gasteiger partial charge in [0.15, 0.2) is 5.82 Å². The van der Waals surface area contributed by atoms with Crippen LogP contribution >= 0.6 is 45.2 Å². The zero-order chi connectivity index (χ0) is 18.8. The first-order chi connectivity index (χ1) is 13.1. The van der Waals surface area contributed by atoms with E-state index >= 15 is 0 Å². The lowest BCUT2D eigenvalue weighted by Crippen LogP contribution is -2.20. The fourth-order valence-electron chi connectivity index (χ4n) is 2.76. The number of aromatic nitrogens is 2. The average molecular weight is 577 g/mol. The summed E-state index contributed by atoms with van der Waals surface area (Å²) in [6.45, 7) is 0. The molecule has 0 radical (unpaired) electrons. The van der Waals surface area contributed by atoms with E-state index in [1.165, 1.54) is 4.68 Å². The van der Waals surface area contributed by atoms with E-state index < -0.39 is 0 Å². The highest BCUT2D eigenvalue weighted by molar-refractivity contribution is 14.1. The van der Waals surface area contributed by atoms with Gasteiger partial charge in [0.2, 0.25) is 0 Å². The van der Waals surface area contributed by atoms with Crippen molar-refractivity contribution >= 4 is 62.3 Å². The van der Waals surface area contributed by atoms with Gasteiger partial charge in [0, 0.05) is 12.7 Å². The zero-order valence-corrected chi connectivity index (χ0v) is 18.3. The van der Waals surface area contributed by atoms with Crippen LogP contribution in [0.3, 0.4) is 0 Å². The number of hydrogen-bond acceptors (Lipinski definition) is 3. The Hall–Kier alpha value is -2.07. The van der Waals surface area contributed by atoms with E-state index in [0.717, 1.165) is 18.3 Å². The van der Waals surface area contributed by atoms with Gasteiger partial charge >= 0.3 is 0 Å². The van der Waals surface area contributed by atoms with Crippen LogP contribution in [0.4, 0.5) is 0 Å². The molecule has 0 atom stereocenters. The second kappa shape index (κ2) is 7.89. The second-order valence-electron chi connectivity index (χ2n) is 5.88. The molecule has 3 aromatic carbocycles. The average Bonchev–Trinajstić information content (AvgIpc) is 2.67. The molecule has 0 unspecified atom stereocenters. The van der Waals surface area contributed by atoms with Crippen molar-refractivity contribution in [1.29, 1.82) is 0 Å². The molecule has 1 heterocycles. The lowest BCUT2D eigenvalue weighted by atomic mass is 10.2. The number of para-hydroxylation sites is 1. The molecule has 6 heteroatoms. The molecule has 27 heavy (non-hydrogen) atoms. The van der Waals surface area contributed by atoms with Crippen LogP contribution in [0.25, 0.3) is 22.3 Å². The Morgan fingerprint density at radius 3 is 2.41 bits per heavy atom. The van der Waals surface area contributed by atoms with E-state index in [2.05, 4.69) is 50.3 Å². The molecule has 1 aromatic heterocycles. The molecule has 0 aliphatic carbocycles. The van der Waals surface area contributed by atoms with Gasteiger partial charge in [0.25, 0.3) is 5.56 Å². The molecular formula is C21H13I2N3O. The Balaban J connectivity index is 1.95. The van der Waals surface area contributed by atoms with Crippen LogP contribution in [0.2, 0.25) is 0 Å². The molecule has 0 aliphatic heterocycles. The maximum absolute atomic E-state index is 13.1. The SMILES string of the molecule is O=c1c2ccccc2nc(-c2cccc(I)c2)n1/N=C/c1cccc(I)c1. The molecule has 0 amide bonds. The van der Waals surface area contributed by atoms with Gasteiger partial charge < -0.3 is 0 Å². The summed E-state index contributed by atoms with van der Waals surface area (Å²) in [4.78, 5) is 17.8. The fourth-order valence-corrected chi connectivity index (χ4v) is 3.87. The molecule has 0 aliphatic rings. The highest BCUT2D eigenvalue weighted by Crippen LogP contribution is 2.21. The van der Waals surface area contributed by atoms with Gasteiger partial charge in [-0.05, 0) is 87.1 Å². The smallest absolute Gasteiger partial charge is 0.267 e. The summed E-state index contributed by atoms with van der Waals surface area (Å²) < 4.78 is 3.56. The summed E-state index contributed by atoms with van der Waals surface area (Å²) in [6.07, 6.45) is 1.69. The number of halogens is 2. The summed E-state index contributed by atoms with van der Waals surface area (Å²) >= 11 is 4.50. The Morgan fingerprint density at radius 2 is 1.63 bits per heavy atom. The van der Waals surface area contributed by atoms with Crippen LogP contribution < -0.4 is 5.56 Å². The normalized spacial score (nSPS) is 11.3. The standard InChI is InChI=1S/C21H13I2N3O/c22-16-7-3-5-14(11-16)13-24-26-20(15-6-4-8-17(23)12-15)25-19-10-2-1-9-18(19)21(26)27/h1-13H/b24-13+. The van der Waals surface area contributed by atoms with E-state index in [0.29, 0.717) is 16.7 Å². The number of rotatable bonds is 3. The number of fused-ring (bicyclic) bond motifs is 1. The fraction of sp³-hybridized carbons (Fsp3) is 0. The molecule has 4 rings (SSSR count). The van der Waals surface area contributed by atoms with Crippen LogP contribution in [0.5, 0.6) is 0 Å². The number of hydrogen-bond donors (Lipinski definition) is 0. The molecular weight excluding hydrogens is 564 g/mol. The molecule has 0 fully saturated rings. The maximum atomic E-state index is 13.1. The van der Waals surface area contributed by atoms with Gasteiger partial charge in [0.05, 0.1) is 17.1 Å². The van der Waals surface area contributed by atoms with Crippen LogP contribution in [0, 0.1) is 7.14 Å².